The van der Waals surface area contributed by atoms with Crippen molar-refractivity contribution in [1.29, 1.82) is 0 Å². The fraction of sp³-hybridized carbons (Fsp3) is 0.188. The zero-order valence-electron chi connectivity index (χ0n) is 11.8. The predicted molar refractivity (Wildman–Crippen MR) is 82.5 cm³/mol. The van der Waals surface area contributed by atoms with Gasteiger partial charge in [-0.3, -0.25) is 0 Å². The Balaban J connectivity index is 2.15. The van der Waals surface area contributed by atoms with Gasteiger partial charge in [-0.2, -0.15) is 0 Å². The van der Waals surface area contributed by atoms with Crippen LogP contribution in [0.25, 0.3) is 0 Å². The van der Waals surface area contributed by atoms with Crippen LogP contribution in [0.3, 0.4) is 0 Å². The maximum atomic E-state index is 11.2. The molecule has 0 fully saturated rings. The first-order valence-electron chi connectivity index (χ1n) is 6.31. The molecule has 0 aromatic heterocycles. The van der Waals surface area contributed by atoms with Gasteiger partial charge >= 0.3 is 5.97 Å². The van der Waals surface area contributed by atoms with Crippen LogP contribution in [0.5, 0.6) is 11.5 Å². The van der Waals surface area contributed by atoms with Crippen molar-refractivity contribution in [1.82, 2.24) is 0 Å². The number of benzene rings is 2. The molecular formula is C16H16O4S. The Morgan fingerprint density at radius 3 is 2.48 bits per heavy atom. The Kier molecular flexibility index (Phi) is 5.11. The average Bonchev–Trinajstić information content (AvgIpc) is 2.52. The number of thioether (sulfide) groups is 1. The number of aromatic carboxylic acids is 1. The van der Waals surface area contributed by atoms with E-state index in [-0.39, 0.29) is 0 Å². The molecule has 0 radical (unpaired) electrons. The quantitative estimate of drug-likeness (QED) is 0.825. The smallest absolute Gasteiger partial charge is 0.336 e. The van der Waals surface area contributed by atoms with E-state index in [1.165, 1.54) is 11.8 Å². The van der Waals surface area contributed by atoms with Gasteiger partial charge in [-0.05, 0) is 29.8 Å². The van der Waals surface area contributed by atoms with Gasteiger partial charge < -0.3 is 14.6 Å². The van der Waals surface area contributed by atoms with Gasteiger partial charge in [-0.25, -0.2) is 4.79 Å². The standard InChI is InChI=1S/C16H16O4S/c1-19-13-8-7-11(9-14(13)20-2)10-21-15-6-4-3-5-12(15)16(17)18/h3-9H,10H2,1-2H3,(H,17,18). The van der Waals surface area contributed by atoms with Crippen molar-refractivity contribution < 1.29 is 19.4 Å². The first kappa shape index (κ1) is 15.3. The molecule has 0 aliphatic carbocycles. The lowest BCUT2D eigenvalue weighted by Gasteiger charge is -2.10. The minimum absolute atomic E-state index is 0.322. The zero-order chi connectivity index (χ0) is 15.2. The summed E-state index contributed by atoms with van der Waals surface area (Å²) in [6.45, 7) is 0. The maximum absolute atomic E-state index is 11.2. The van der Waals surface area contributed by atoms with E-state index in [0.717, 1.165) is 10.5 Å². The second-order valence-corrected chi connectivity index (χ2v) is 5.30. The Labute approximate surface area is 127 Å². The second kappa shape index (κ2) is 7.04. The van der Waals surface area contributed by atoms with Crippen LogP contribution in [-0.2, 0) is 5.75 Å². The Hall–Kier alpha value is -2.14. The fourth-order valence-electron chi connectivity index (χ4n) is 1.90. The van der Waals surface area contributed by atoms with Crippen LogP contribution in [0.4, 0.5) is 0 Å². The van der Waals surface area contributed by atoms with Gasteiger partial charge in [0.1, 0.15) is 0 Å². The minimum Gasteiger partial charge on any atom is -0.493 e. The van der Waals surface area contributed by atoms with Crippen LogP contribution in [-0.4, -0.2) is 25.3 Å². The van der Waals surface area contributed by atoms with Crippen molar-refractivity contribution in [3.8, 4) is 11.5 Å². The van der Waals surface area contributed by atoms with E-state index in [4.69, 9.17) is 14.6 Å². The molecule has 0 aliphatic heterocycles. The third-order valence-electron chi connectivity index (χ3n) is 2.96. The summed E-state index contributed by atoms with van der Waals surface area (Å²) in [6, 6.07) is 12.7. The van der Waals surface area contributed by atoms with Gasteiger partial charge in [0.05, 0.1) is 19.8 Å². The number of methoxy groups -OCH3 is 2. The fourth-order valence-corrected chi connectivity index (χ4v) is 2.89. The maximum Gasteiger partial charge on any atom is 0.336 e. The highest BCUT2D eigenvalue weighted by molar-refractivity contribution is 7.98. The number of ether oxygens (including phenoxy) is 2. The summed E-state index contributed by atoms with van der Waals surface area (Å²) in [4.78, 5) is 11.9. The summed E-state index contributed by atoms with van der Waals surface area (Å²) in [5, 5.41) is 9.16. The molecule has 0 bridgehead atoms. The van der Waals surface area contributed by atoms with Gasteiger partial charge in [0.25, 0.3) is 0 Å². The van der Waals surface area contributed by atoms with E-state index < -0.39 is 5.97 Å². The minimum atomic E-state index is -0.912. The second-order valence-electron chi connectivity index (χ2n) is 4.28. The van der Waals surface area contributed by atoms with Crippen molar-refractivity contribution in [3.63, 3.8) is 0 Å². The van der Waals surface area contributed by atoms with Crippen molar-refractivity contribution in [3.05, 3.63) is 53.6 Å². The number of carboxylic acid groups (broad SMARTS) is 1. The molecule has 2 rings (SSSR count). The van der Waals surface area contributed by atoms with Crippen LogP contribution in [0.15, 0.2) is 47.4 Å². The van der Waals surface area contributed by atoms with E-state index in [1.54, 1.807) is 26.4 Å². The highest BCUT2D eigenvalue weighted by atomic mass is 32.2. The summed E-state index contributed by atoms with van der Waals surface area (Å²) in [5.74, 6) is 1.09. The van der Waals surface area contributed by atoms with E-state index >= 15 is 0 Å². The van der Waals surface area contributed by atoms with Crippen LogP contribution >= 0.6 is 11.8 Å². The lowest BCUT2D eigenvalue weighted by atomic mass is 10.2. The zero-order valence-corrected chi connectivity index (χ0v) is 12.6. The molecule has 0 spiro atoms. The van der Waals surface area contributed by atoms with Crippen LogP contribution in [0.2, 0.25) is 0 Å². The molecule has 0 saturated heterocycles. The van der Waals surface area contributed by atoms with E-state index in [9.17, 15) is 4.79 Å². The lowest BCUT2D eigenvalue weighted by molar-refractivity contribution is 0.0693. The summed E-state index contributed by atoms with van der Waals surface area (Å²) >= 11 is 1.48. The molecular weight excluding hydrogens is 288 g/mol. The molecule has 2 aromatic carbocycles. The van der Waals surface area contributed by atoms with Crippen molar-refractivity contribution in [2.75, 3.05) is 14.2 Å². The molecule has 0 aliphatic rings. The van der Waals surface area contributed by atoms with Crippen molar-refractivity contribution in [2.45, 2.75) is 10.6 Å². The molecule has 0 unspecified atom stereocenters. The highest BCUT2D eigenvalue weighted by Crippen LogP contribution is 2.31. The molecule has 0 atom stereocenters. The van der Waals surface area contributed by atoms with Crippen LogP contribution < -0.4 is 9.47 Å². The molecule has 4 nitrogen and oxygen atoms in total. The van der Waals surface area contributed by atoms with E-state index in [2.05, 4.69) is 0 Å². The third-order valence-corrected chi connectivity index (χ3v) is 4.10. The Morgan fingerprint density at radius 1 is 1.10 bits per heavy atom. The molecule has 5 heteroatoms. The molecule has 21 heavy (non-hydrogen) atoms. The molecule has 0 saturated carbocycles. The van der Waals surface area contributed by atoms with Gasteiger partial charge in [-0.1, -0.05) is 18.2 Å². The Bertz CT molecular complexity index is 640. The number of hydrogen-bond acceptors (Lipinski definition) is 4. The summed E-state index contributed by atoms with van der Waals surface area (Å²) in [7, 11) is 3.18. The number of hydrogen-bond donors (Lipinski definition) is 1. The van der Waals surface area contributed by atoms with Gasteiger partial charge in [-0.15, -0.1) is 11.8 Å². The van der Waals surface area contributed by atoms with E-state index in [1.807, 2.05) is 30.3 Å². The number of carbonyl (C=O) groups is 1. The first-order valence-corrected chi connectivity index (χ1v) is 7.30. The van der Waals surface area contributed by atoms with Gasteiger partial charge in [0, 0.05) is 10.6 Å². The van der Waals surface area contributed by atoms with Crippen LogP contribution in [0, 0.1) is 0 Å². The molecule has 2 aromatic rings. The molecule has 0 heterocycles. The highest BCUT2D eigenvalue weighted by Gasteiger charge is 2.10. The van der Waals surface area contributed by atoms with Crippen molar-refractivity contribution in [2.24, 2.45) is 0 Å². The molecule has 110 valence electrons. The summed E-state index contributed by atoms with van der Waals surface area (Å²) in [6.07, 6.45) is 0. The average molecular weight is 304 g/mol. The van der Waals surface area contributed by atoms with E-state index in [0.29, 0.717) is 22.8 Å². The number of rotatable bonds is 6. The normalized spacial score (nSPS) is 10.2. The topological polar surface area (TPSA) is 55.8 Å². The Morgan fingerprint density at radius 2 is 1.81 bits per heavy atom. The summed E-state index contributed by atoms with van der Waals surface area (Å²) in [5.41, 5.74) is 1.36. The third kappa shape index (κ3) is 3.70. The first-order chi connectivity index (χ1) is 10.2. The molecule has 1 N–H and O–H groups in total. The largest absolute Gasteiger partial charge is 0.493 e. The molecule has 0 amide bonds. The predicted octanol–water partition coefficient (Wildman–Crippen LogP) is 3.69. The number of carboxylic acids is 1. The van der Waals surface area contributed by atoms with Gasteiger partial charge in [0.2, 0.25) is 0 Å². The van der Waals surface area contributed by atoms with Gasteiger partial charge in [0.15, 0.2) is 11.5 Å². The monoisotopic (exact) mass is 304 g/mol. The van der Waals surface area contributed by atoms with Crippen LogP contribution in [0.1, 0.15) is 15.9 Å². The lowest BCUT2D eigenvalue weighted by Crippen LogP contribution is -1.98. The summed E-state index contributed by atoms with van der Waals surface area (Å²) < 4.78 is 10.5. The SMILES string of the molecule is COc1ccc(CSc2ccccc2C(=O)O)cc1OC. The van der Waals surface area contributed by atoms with Crippen molar-refractivity contribution >= 4 is 17.7 Å².